The fourth-order valence-corrected chi connectivity index (χ4v) is 4.41. The van der Waals surface area contributed by atoms with E-state index in [9.17, 15) is 0 Å². The molecule has 0 amide bonds. The summed E-state index contributed by atoms with van der Waals surface area (Å²) in [6.07, 6.45) is 8.11. The molecule has 19 heavy (non-hydrogen) atoms. The van der Waals surface area contributed by atoms with E-state index in [0.29, 0.717) is 0 Å². The van der Waals surface area contributed by atoms with Gasteiger partial charge in [-0.2, -0.15) is 11.8 Å². The van der Waals surface area contributed by atoms with E-state index in [-0.39, 0.29) is 0 Å². The summed E-state index contributed by atoms with van der Waals surface area (Å²) < 4.78 is 0. The van der Waals surface area contributed by atoms with E-state index < -0.39 is 0 Å². The summed E-state index contributed by atoms with van der Waals surface area (Å²) in [5.41, 5.74) is 1.48. The Hall–Kier alpha value is -0.470. The van der Waals surface area contributed by atoms with Crippen LogP contribution in [0.1, 0.15) is 44.6 Å². The highest BCUT2D eigenvalue weighted by atomic mass is 32.2. The van der Waals surface area contributed by atoms with Crippen LogP contribution >= 0.6 is 11.8 Å². The van der Waals surface area contributed by atoms with E-state index in [1.807, 2.05) is 0 Å². The van der Waals surface area contributed by atoms with Crippen LogP contribution in [0.5, 0.6) is 0 Å². The average molecular weight is 277 g/mol. The van der Waals surface area contributed by atoms with Crippen molar-refractivity contribution in [3.05, 3.63) is 35.9 Å². The van der Waals surface area contributed by atoms with Crippen molar-refractivity contribution in [2.75, 3.05) is 12.3 Å². The highest BCUT2D eigenvalue weighted by Gasteiger charge is 2.22. The molecule has 0 bridgehead atoms. The minimum atomic E-state index is 0.721. The van der Waals surface area contributed by atoms with Gasteiger partial charge in [-0.05, 0) is 50.0 Å². The van der Waals surface area contributed by atoms with E-state index >= 15 is 0 Å². The summed E-state index contributed by atoms with van der Waals surface area (Å²) in [7, 11) is 0. The lowest BCUT2D eigenvalue weighted by atomic mass is 9.99. The van der Waals surface area contributed by atoms with Crippen molar-refractivity contribution < 1.29 is 0 Å². The average Bonchev–Trinajstić information content (AvgIpc) is 2.48. The number of aryl methyl sites for hydroxylation is 1. The van der Waals surface area contributed by atoms with Gasteiger partial charge in [-0.15, -0.1) is 0 Å². The molecule has 2 heteroatoms. The first-order valence-electron chi connectivity index (χ1n) is 7.79. The van der Waals surface area contributed by atoms with Gasteiger partial charge in [0.2, 0.25) is 0 Å². The molecule has 1 saturated heterocycles. The van der Waals surface area contributed by atoms with Gasteiger partial charge in [0, 0.05) is 11.3 Å². The summed E-state index contributed by atoms with van der Waals surface area (Å²) >= 11 is 2.20. The maximum absolute atomic E-state index is 3.72. The van der Waals surface area contributed by atoms with Gasteiger partial charge in [-0.1, -0.05) is 43.7 Å². The van der Waals surface area contributed by atoms with Crippen LogP contribution in [-0.2, 0) is 6.42 Å². The molecule has 1 fully saturated rings. The number of benzene rings is 1. The Bertz CT molecular complexity index is 332. The van der Waals surface area contributed by atoms with Crippen LogP contribution in [0, 0.1) is 0 Å². The molecule has 0 radical (unpaired) electrons. The van der Waals surface area contributed by atoms with Crippen LogP contribution in [0.3, 0.4) is 0 Å². The van der Waals surface area contributed by atoms with Crippen LogP contribution in [0.2, 0.25) is 0 Å². The lowest BCUT2D eigenvalue weighted by molar-refractivity contribution is 0.439. The second-order valence-corrected chi connectivity index (χ2v) is 6.79. The topological polar surface area (TPSA) is 12.0 Å². The smallest absolute Gasteiger partial charge is 0.0201 e. The first-order valence-corrected chi connectivity index (χ1v) is 8.84. The van der Waals surface area contributed by atoms with Gasteiger partial charge in [-0.3, -0.25) is 0 Å². The predicted molar refractivity (Wildman–Crippen MR) is 86.9 cm³/mol. The monoisotopic (exact) mass is 277 g/mol. The predicted octanol–water partition coefficient (Wildman–Crippen LogP) is 4.27. The standard InChI is InChI=1S/C17H27NS/c1-2-18-16(17-13-6-7-14-19-17)12-8-11-15-9-4-3-5-10-15/h3-5,9-10,16-18H,2,6-8,11-14H2,1H3. The van der Waals surface area contributed by atoms with Gasteiger partial charge >= 0.3 is 0 Å². The van der Waals surface area contributed by atoms with E-state index in [1.165, 1.54) is 49.8 Å². The Balaban J connectivity index is 1.76. The molecule has 2 unspecified atom stereocenters. The molecule has 0 aliphatic carbocycles. The lowest BCUT2D eigenvalue weighted by Gasteiger charge is -2.30. The third-order valence-electron chi connectivity index (χ3n) is 3.95. The van der Waals surface area contributed by atoms with E-state index in [2.05, 4.69) is 54.3 Å². The Morgan fingerprint density at radius 2 is 2.11 bits per heavy atom. The zero-order chi connectivity index (χ0) is 13.3. The van der Waals surface area contributed by atoms with Crippen molar-refractivity contribution in [3.8, 4) is 0 Å². The van der Waals surface area contributed by atoms with Gasteiger partial charge in [0.1, 0.15) is 0 Å². The second-order valence-electron chi connectivity index (χ2n) is 5.45. The molecule has 106 valence electrons. The zero-order valence-corrected chi connectivity index (χ0v) is 12.9. The molecule has 1 aromatic rings. The summed E-state index contributed by atoms with van der Waals surface area (Å²) in [6.45, 7) is 3.34. The molecule has 2 rings (SSSR count). The maximum atomic E-state index is 3.72. The van der Waals surface area contributed by atoms with E-state index in [0.717, 1.165) is 17.8 Å². The highest BCUT2D eigenvalue weighted by Crippen LogP contribution is 2.29. The molecule has 1 nitrogen and oxygen atoms in total. The molecule has 1 aliphatic rings. The van der Waals surface area contributed by atoms with Gasteiger partial charge in [0.05, 0.1) is 0 Å². The second kappa shape index (κ2) is 8.65. The van der Waals surface area contributed by atoms with Crippen molar-refractivity contribution >= 4 is 11.8 Å². The van der Waals surface area contributed by atoms with E-state index in [1.54, 1.807) is 0 Å². The van der Waals surface area contributed by atoms with Crippen molar-refractivity contribution in [1.82, 2.24) is 5.32 Å². The molecule has 1 aromatic carbocycles. The molecular weight excluding hydrogens is 250 g/mol. The van der Waals surface area contributed by atoms with E-state index in [4.69, 9.17) is 0 Å². The van der Waals surface area contributed by atoms with Gasteiger partial charge < -0.3 is 5.32 Å². The number of hydrogen-bond donors (Lipinski definition) is 1. The van der Waals surface area contributed by atoms with Crippen molar-refractivity contribution in [2.45, 2.75) is 56.7 Å². The fraction of sp³-hybridized carbons (Fsp3) is 0.647. The lowest BCUT2D eigenvalue weighted by Crippen LogP contribution is -2.39. The molecule has 0 aromatic heterocycles. The molecular formula is C17H27NS. The van der Waals surface area contributed by atoms with Crippen LogP contribution in [0.4, 0.5) is 0 Å². The minimum Gasteiger partial charge on any atom is -0.313 e. The summed E-state index contributed by atoms with van der Waals surface area (Å²) in [4.78, 5) is 0. The third-order valence-corrected chi connectivity index (χ3v) is 5.47. The van der Waals surface area contributed by atoms with Crippen LogP contribution in [0.25, 0.3) is 0 Å². The molecule has 2 atom stereocenters. The number of hydrogen-bond acceptors (Lipinski definition) is 2. The van der Waals surface area contributed by atoms with Crippen LogP contribution < -0.4 is 5.32 Å². The van der Waals surface area contributed by atoms with Crippen molar-refractivity contribution in [1.29, 1.82) is 0 Å². The van der Waals surface area contributed by atoms with Gasteiger partial charge in [0.25, 0.3) is 0 Å². The Labute approximate surface area is 122 Å². The van der Waals surface area contributed by atoms with Gasteiger partial charge in [-0.25, -0.2) is 0 Å². The molecule has 0 spiro atoms. The summed E-state index contributed by atoms with van der Waals surface area (Å²) in [5, 5.41) is 4.57. The number of thioether (sulfide) groups is 1. The summed E-state index contributed by atoms with van der Waals surface area (Å²) in [5.74, 6) is 1.37. The summed E-state index contributed by atoms with van der Waals surface area (Å²) in [6, 6.07) is 11.6. The Morgan fingerprint density at radius 1 is 1.26 bits per heavy atom. The molecule has 1 aliphatic heterocycles. The Kier molecular flexibility index (Phi) is 6.80. The molecule has 1 N–H and O–H groups in total. The largest absolute Gasteiger partial charge is 0.313 e. The minimum absolute atomic E-state index is 0.721. The maximum Gasteiger partial charge on any atom is 0.0201 e. The zero-order valence-electron chi connectivity index (χ0n) is 12.1. The normalized spacial score (nSPS) is 21.2. The van der Waals surface area contributed by atoms with Gasteiger partial charge in [0.15, 0.2) is 0 Å². The highest BCUT2D eigenvalue weighted by molar-refractivity contribution is 8.00. The van der Waals surface area contributed by atoms with Crippen LogP contribution in [0.15, 0.2) is 30.3 Å². The first-order chi connectivity index (χ1) is 9.40. The fourth-order valence-electron chi connectivity index (χ4n) is 2.94. The molecule has 1 heterocycles. The number of nitrogens with one attached hydrogen (secondary N) is 1. The quantitative estimate of drug-likeness (QED) is 0.798. The van der Waals surface area contributed by atoms with Crippen molar-refractivity contribution in [3.63, 3.8) is 0 Å². The number of rotatable bonds is 7. The SMILES string of the molecule is CCNC(CCCc1ccccc1)C1CCCCS1. The van der Waals surface area contributed by atoms with Crippen LogP contribution in [-0.4, -0.2) is 23.6 Å². The first kappa shape index (κ1) is 14.9. The third kappa shape index (κ3) is 5.19. The van der Waals surface area contributed by atoms with Crippen molar-refractivity contribution in [2.24, 2.45) is 0 Å². The Morgan fingerprint density at radius 3 is 2.79 bits per heavy atom. The molecule has 0 saturated carbocycles.